The lowest BCUT2D eigenvalue weighted by molar-refractivity contribution is -0.130. The highest BCUT2D eigenvalue weighted by atomic mass is 35.5. The molecule has 1 aliphatic rings. The van der Waals surface area contributed by atoms with E-state index in [0.717, 1.165) is 29.7 Å². The van der Waals surface area contributed by atoms with Crippen LogP contribution in [0, 0.1) is 6.92 Å². The van der Waals surface area contributed by atoms with E-state index in [9.17, 15) is 9.59 Å². The zero-order chi connectivity index (χ0) is 22.7. The summed E-state index contributed by atoms with van der Waals surface area (Å²) in [5, 5.41) is 3.83. The SMILES string of the molecule is Cc1ccc(C[C@]2(CCC(=O)N(C)CCc3nc4ccc(Cl)cc4[nH]3)CCC(=O)N2)cc1. The summed E-state index contributed by atoms with van der Waals surface area (Å²) >= 11 is 6.04. The Kier molecular flexibility index (Phi) is 6.51. The average molecular weight is 453 g/mol. The number of likely N-dealkylation sites (N-methyl/N-ethyl adjacent to an activating group) is 1. The van der Waals surface area contributed by atoms with Crippen LogP contribution in [-0.4, -0.2) is 45.8 Å². The number of aryl methyl sites for hydroxylation is 1. The third kappa shape index (κ3) is 5.30. The van der Waals surface area contributed by atoms with Gasteiger partial charge < -0.3 is 15.2 Å². The standard InChI is InChI=1S/C25H29ClN4O2/c1-17-3-5-18(6-4-17)16-25(12-9-23(31)29-25)13-10-24(32)30(2)14-11-22-27-20-8-7-19(26)15-21(20)28-22/h3-8,15H,9-14,16H2,1-2H3,(H,27,28)(H,29,31)/t25-/m1/s1. The number of carbonyl (C=O) groups is 2. The fourth-order valence-corrected chi connectivity index (χ4v) is 4.54. The van der Waals surface area contributed by atoms with Crippen molar-refractivity contribution >= 4 is 34.4 Å². The van der Waals surface area contributed by atoms with Gasteiger partial charge in [-0.1, -0.05) is 41.4 Å². The summed E-state index contributed by atoms with van der Waals surface area (Å²) in [5.41, 5.74) is 3.82. The van der Waals surface area contributed by atoms with E-state index in [1.807, 2.05) is 25.2 Å². The third-order valence-corrected chi connectivity index (χ3v) is 6.55. The Morgan fingerprint density at radius 3 is 2.72 bits per heavy atom. The molecule has 2 N–H and O–H groups in total. The Balaban J connectivity index is 1.33. The molecule has 1 aliphatic heterocycles. The molecular formula is C25H29ClN4O2. The molecule has 4 rings (SSSR count). The quantitative estimate of drug-likeness (QED) is 0.537. The van der Waals surface area contributed by atoms with Crippen molar-refractivity contribution in [3.8, 4) is 0 Å². The topological polar surface area (TPSA) is 78.1 Å². The molecule has 0 unspecified atom stereocenters. The van der Waals surface area contributed by atoms with Crippen molar-refractivity contribution < 1.29 is 9.59 Å². The lowest BCUT2D eigenvalue weighted by atomic mass is 9.84. The van der Waals surface area contributed by atoms with E-state index in [2.05, 4.69) is 46.5 Å². The molecule has 1 aromatic heterocycles. The van der Waals surface area contributed by atoms with Crippen molar-refractivity contribution in [3.63, 3.8) is 0 Å². The number of H-pyrrole nitrogens is 1. The number of aromatic amines is 1. The molecule has 0 saturated carbocycles. The Labute approximate surface area is 193 Å². The largest absolute Gasteiger partial charge is 0.350 e. The number of carbonyl (C=O) groups excluding carboxylic acids is 2. The van der Waals surface area contributed by atoms with E-state index in [1.54, 1.807) is 4.90 Å². The van der Waals surface area contributed by atoms with Crippen LogP contribution < -0.4 is 5.32 Å². The van der Waals surface area contributed by atoms with E-state index < -0.39 is 0 Å². The maximum atomic E-state index is 12.8. The fraction of sp³-hybridized carbons (Fsp3) is 0.400. The van der Waals surface area contributed by atoms with Crippen LogP contribution >= 0.6 is 11.6 Å². The molecule has 2 aromatic carbocycles. The number of rotatable bonds is 8. The maximum absolute atomic E-state index is 12.8. The minimum atomic E-state index is -0.346. The van der Waals surface area contributed by atoms with Gasteiger partial charge in [-0.3, -0.25) is 9.59 Å². The first-order valence-electron chi connectivity index (χ1n) is 11.1. The smallest absolute Gasteiger partial charge is 0.222 e. The number of fused-ring (bicyclic) bond motifs is 1. The maximum Gasteiger partial charge on any atom is 0.222 e. The van der Waals surface area contributed by atoms with E-state index in [4.69, 9.17) is 11.6 Å². The number of amides is 2. The molecule has 7 heteroatoms. The van der Waals surface area contributed by atoms with Crippen LogP contribution in [0.15, 0.2) is 42.5 Å². The number of hydrogen-bond donors (Lipinski definition) is 2. The van der Waals surface area contributed by atoms with E-state index in [1.165, 1.54) is 11.1 Å². The van der Waals surface area contributed by atoms with Gasteiger partial charge >= 0.3 is 0 Å². The molecule has 0 radical (unpaired) electrons. The van der Waals surface area contributed by atoms with Gasteiger partial charge in [0.1, 0.15) is 5.82 Å². The Bertz CT molecular complexity index is 1120. The number of aromatic nitrogens is 2. The van der Waals surface area contributed by atoms with Crippen molar-refractivity contribution in [2.24, 2.45) is 0 Å². The molecule has 6 nitrogen and oxygen atoms in total. The third-order valence-electron chi connectivity index (χ3n) is 6.32. The van der Waals surface area contributed by atoms with Crippen molar-refractivity contribution in [2.45, 2.75) is 51.0 Å². The molecule has 2 heterocycles. The molecule has 3 aromatic rings. The molecular weight excluding hydrogens is 424 g/mol. The predicted octanol–water partition coefficient (Wildman–Crippen LogP) is 4.20. The van der Waals surface area contributed by atoms with Gasteiger partial charge in [0.15, 0.2) is 0 Å². The highest BCUT2D eigenvalue weighted by molar-refractivity contribution is 6.31. The summed E-state index contributed by atoms with van der Waals surface area (Å²) < 4.78 is 0. The Morgan fingerprint density at radius 1 is 1.22 bits per heavy atom. The number of nitrogens with zero attached hydrogens (tertiary/aromatic N) is 2. The van der Waals surface area contributed by atoms with Gasteiger partial charge in [0.2, 0.25) is 11.8 Å². The first-order chi connectivity index (χ1) is 15.3. The van der Waals surface area contributed by atoms with Crippen LogP contribution in [0.4, 0.5) is 0 Å². The molecule has 168 valence electrons. The van der Waals surface area contributed by atoms with Gasteiger partial charge in [-0.05, 0) is 49.9 Å². The van der Waals surface area contributed by atoms with Crippen molar-refractivity contribution in [1.29, 1.82) is 0 Å². The van der Waals surface area contributed by atoms with E-state index in [-0.39, 0.29) is 17.4 Å². The summed E-state index contributed by atoms with van der Waals surface area (Å²) in [7, 11) is 1.82. The van der Waals surface area contributed by atoms with Gasteiger partial charge in [-0.15, -0.1) is 0 Å². The number of halogens is 1. The molecule has 32 heavy (non-hydrogen) atoms. The van der Waals surface area contributed by atoms with E-state index >= 15 is 0 Å². The summed E-state index contributed by atoms with van der Waals surface area (Å²) in [5.74, 6) is 0.984. The number of nitrogens with one attached hydrogen (secondary N) is 2. The number of hydrogen-bond acceptors (Lipinski definition) is 3. The van der Waals surface area contributed by atoms with Crippen LogP contribution in [0.2, 0.25) is 5.02 Å². The minimum Gasteiger partial charge on any atom is -0.350 e. The first kappa shape index (κ1) is 22.3. The molecule has 0 spiro atoms. The molecule has 2 amide bonds. The van der Waals surface area contributed by atoms with Crippen LogP contribution in [0.5, 0.6) is 0 Å². The van der Waals surface area contributed by atoms with Crippen molar-refractivity contribution in [3.05, 3.63) is 64.4 Å². The average Bonchev–Trinajstić information content (AvgIpc) is 3.34. The Morgan fingerprint density at radius 2 is 2.00 bits per heavy atom. The van der Waals surface area contributed by atoms with Crippen LogP contribution in [0.3, 0.4) is 0 Å². The molecule has 1 atom stereocenters. The van der Waals surface area contributed by atoms with Gasteiger partial charge in [-0.2, -0.15) is 0 Å². The Hall–Kier alpha value is -2.86. The summed E-state index contributed by atoms with van der Waals surface area (Å²) in [4.78, 5) is 34.4. The highest BCUT2D eigenvalue weighted by Gasteiger charge is 2.38. The summed E-state index contributed by atoms with van der Waals surface area (Å²) in [6.45, 7) is 2.63. The number of imidazole rings is 1. The predicted molar refractivity (Wildman–Crippen MR) is 127 cm³/mol. The highest BCUT2D eigenvalue weighted by Crippen LogP contribution is 2.30. The summed E-state index contributed by atoms with van der Waals surface area (Å²) in [6, 6.07) is 13.9. The second kappa shape index (κ2) is 9.33. The number of benzene rings is 2. The second-order valence-corrected chi connectivity index (χ2v) is 9.34. The zero-order valence-electron chi connectivity index (χ0n) is 18.6. The van der Waals surface area contributed by atoms with Crippen LogP contribution in [0.25, 0.3) is 11.0 Å². The monoisotopic (exact) mass is 452 g/mol. The normalized spacial score (nSPS) is 18.2. The minimum absolute atomic E-state index is 0.0721. The molecule has 1 fully saturated rings. The van der Waals surface area contributed by atoms with Crippen LogP contribution in [0.1, 0.15) is 42.6 Å². The lowest BCUT2D eigenvalue weighted by Gasteiger charge is -2.30. The zero-order valence-corrected chi connectivity index (χ0v) is 19.3. The van der Waals surface area contributed by atoms with E-state index in [0.29, 0.717) is 37.3 Å². The van der Waals surface area contributed by atoms with Crippen LogP contribution in [-0.2, 0) is 22.4 Å². The first-order valence-corrected chi connectivity index (χ1v) is 11.4. The lowest BCUT2D eigenvalue weighted by Crippen LogP contribution is -2.44. The fourth-order valence-electron chi connectivity index (χ4n) is 4.37. The van der Waals surface area contributed by atoms with Gasteiger partial charge in [0.25, 0.3) is 0 Å². The second-order valence-electron chi connectivity index (χ2n) is 8.90. The van der Waals surface area contributed by atoms with Gasteiger partial charge in [0, 0.05) is 43.4 Å². The molecule has 0 aliphatic carbocycles. The summed E-state index contributed by atoms with van der Waals surface area (Å²) in [6.07, 6.45) is 3.71. The van der Waals surface area contributed by atoms with Gasteiger partial charge in [-0.25, -0.2) is 4.98 Å². The van der Waals surface area contributed by atoms with Crippen molar-refractivity contribution in [2.75, 3.05) is 13.6 Å². The molecule has 1 saturated heterocycles. The molecule has 0 bridgehead atoms. The van der Waals surface area contributed by atoms with Crippen molar-refractivity contribution in [1.82, 2.24) is 20.2 Å². The van der Waals surface area contributed by atoms with Gasteiger partial charge in [0.05, 0.1) is 11.0 Å².